The van der Waals surface area contributed by atoms with E-state index in [4.69, 9.17) is 9.16 Å². The molecule has 0 spiro atoms. The van der Waals surface area contributed by atoms with Crippen molar-refractivity contribution in [2.24, 2.45) is 5.92 Å². The Morgan fingerprint density at radius 2 is 1.23 bits per heavy atom. The van der Waals surface area contributed by atoms with Crippen LogP contribution in [-0.2, 0) is 9.16 Å². The van der Waals surface area contributed by atoms with E-state index in [9.17, 15) is 9.59 Å². The number of carbonyl (C=O) groups is 2. The number of benzene rings is 3. The van der Waals surface area contributed by atoms with Crippen LogP contribution < -0.4 is 10.4 Å². The summed E-state index contributed by atoms with van der Waals surface area (Å²) in [6.45, 7) is 8.37. The second-order valence-corrected chi connectivity index (χ2v) is 16.1. The van der Waals surface area contributed by atoms with Gasteiger partial charge in [-0.1, -0.05) is 93.6 Å². The number of hydrogen-bond donors (Lipinski definition) is 0. The number of ether oxygens (including phenoxy) is 1. The highest BCUT2D eigenvalue weighted by Gasteiger charge is 2.50. The van der Waals surface area contributed by atoms with E-state index in [1.807, 2.05) is 0 Å². The average molecular weight is 542 g/mol. The molecule has 5 rings (SSSR count). The first-order chi connectivity index (χ1) is 18.8. The van der Waals surface area contributed by atoms with E-state index in [1.54, 1.807) is 24.3 Å². The van der Waals surface area contributed by atoms with E-state index < -0.39 is 8.32 Å². The molecule has 1 saturated carbocycles. The maximum Gasteiger partial charge on any atom is 0.261 e. The third kappa shape index (κ3) is 5.51. The first-order valence-electron chi connectivity index (χ1n) is 14.1. The lowest BCUT2D eigenvalue weighted by atomic mass is 9.88. The Kier molecular flexibility index (Phi) is 8.17. The third-order valence-electron chi connectivity index (χ3n) is 8.29. The van der Waals surface area contributed by atoms with Gasteiger partial charge in [-0.25, -0.2) is 0 Å². The Bertz CT molecular complexity index is 1210. The Labute approximate surface area is 233 Å². The smallest absolute Gasteiger partial charge is 0.261 e. The van der Waals surface area contributed by atoms with Gasteiger partial charge in [0.2, 0.25) is 0 Å². The molecule has 0 atom stereocenters. The predicted octanol–water partition coefficient (Wildman–Crippen LogP) is 5.43. The molecular formula is C33H39NO4Si. The zero-order valence-electron chi connectivity index (χ0n) is 23.3. The fourth-order valence-electron chi connectivity index (χ4n) is 6.22. The first kappa shape index (κ1) is 27.5. The Morgan fingerprint density at radius 1 is 0.744 bits per heavy atom. The van der Waals surface area contributed by atoms with Crippen LogP contribution in [0.25, 0.3) is 0 Å². The molecule has 1 fully saturated rings. The monoisotopic (exact) mass is 541 g/mol. The molecule has 2 aliphatic rings. The molecule has 3 aromatic rings. The fraction of sp³-hybridized carbons (Fsp3) is 0.394. The second kappa shape index (κ2) is 11.6. The van der Waals surface area contributed by atoms with Crippen LogP contribution in [0.5, 0.6) is 0 Å². The van der Waals surface area contributed by atoms with Crippen LogP contribution in [0.2, 0.25) is 5.04 Å². The van der Waals surface area contributed by atoms with E-state index >= 15 is 0 Å². The Morgan fingerprint density at radius 3 is 1.72 bits per heavy atom. The molecule has 0 bridgehead atoms. The molecule has 39 heavy (non-hydrogen) atoms. The average Bonchev–Trinajstić information content (AvgIpc) is 3.19. The standard InChI is InChI=1S/C33H39NO4Si/c1-33(2,3)39(27-12-6-4-7-13-27,28-14-8-5-9-15-28)38-24-25-18-20-26(21-19-25)37-23-22-34-31(35)29-16-10-11-17-30(29)32(34)36/h4-17,25-26H,18-24H2,1-3H3. The van der Waals surface area contributed by atoms with Gasteiger partial charge >= 0.3 is 0 Å². The second-order valence-electron chi connectivity index (χ2n) is 11.8. The SMILES string of the molecule is CC(C)(C)[Si](OCC1CCC(OCCN2C(=O)c3ccccc3C2=O)CC1)(c1ccccc1)c1ccccc1. The molecule has 1 aliphatic carbocycles. The summed E-state index contributed by atoms with van der Waals surface area (Å²) in [5.41, 5.74) is 0.979. The highest BCUT2D eigenvalue weighted by atomic mass is 28.4. The quantitative estimate of drug-likeness (QED) is 0.268. The van der Waals surface area contributed by atoms with Gasteiger partial charge in [-0.2, -0.15) is 0 Å². The highest BCUT2D eigenvalue weighted by Crippen LogP contribution is 2.38. The van der Waals surface area contributed by atoms with Crippen LogP contribution >= 0.6 is 0 Å². The molecule has 204 valence electrons. The van der Waals surface area contributed by atoms with Crippen molar-refractivity contribution in [2.75, 3.05) is 19.8 Å². The van der Waals surface area contributed by atoms with Crippen molar-refractivity contribution >= 4 is 30.5 Å². The Hall–Kier alpha value is -3.06. The number of amides is 2. The lowest BCUT2D eigenvalue weighted by Gasteiger charge is -2.44. The van der Waals surface area contributed by atoms with Gasteiger partial charge in [-0.05, 0) is 59.1 Å². The summed E-state index contributed by atoms with van der Waals surface area (Å²) in [5.74, 6) is 0.0505. The van der Waals surface area contributed by atoms with E-state index in [-0.39, 0.29) is 23.0 Å². The van der Waals surface area contributed by atoms with E-state index in [1.165, 1.54) is 15.3 Å². The van der Waals surface area contributed by atoms with Gasteiger partial charge < -0.3 is 9.16 Å². The molecule has 0 aromatic heterocycles. The van der Waals surface area contributed by atoms with Gasteiger partial charge in [-0.15, -0.1) is 0 Å². The van der Waals surface area contributed by atoms with Crippen LogP contribution in [0, 0.1) is 5.92 Å². The number of nitrogens with zero attached hydrogens (tertiary/aromatic N) is 1. The third-order valence-corrected chi connectivity index (χ3v) is 13.3. The van der Waals surface area contributed by atoms with E-state index in [0.717, 1.165) is 32.3 Å². The summed E-state index contributed by atoms with van der Waals surface area (Å²) < 4.78 is 13.3. The minimum atomic E-state index is -2.53. The molecular weight excluding hydrogens is 502 g/mol. The number of fused-ring (bicyclic) bond motifs is 1. The number of hydrogen-bond acceptors (Lipinski definition) is 4. The maximum absolute atomic E-state index is 12.6. The van der Waals surface area contributed by atoms with Crippen molar-refractivity contribution in [1.29, 1.82) is 0 Å². The van der Waals surface area contributed by atoms with Crippen LogP contribution in [-0.4, -0.2) is 50.9 Å². The van der Waals surface area contributed by atoms with Gasteiger partial charge in [0, 0.05) is 6.61 Å². The molecule has 2 amide bonds. The van der Waals surface area contributed by atoms with Crippen molar-refractivity contribution in [3.63, 3.8) is 0 Å². The zero-order chi connectivity index (χ0) is 27.5. The molecule has 1 aliphatic heterocycles. The van der Waals surface area contributed by atoms with E-state index in [2.05, 4.69) is 81.4 Å². The number of rotatable bonds is 9. The topological polar surface area (TPSA) is 55.8 Å². The van der Waals surface area contributed by atoms with Gasteiger partial charge in [0.05, 0.1) is 30.4 Å². The summed E-state index contributed by atoms with van der Waals surface area (Å²) in [5, 5.41) is 2.60. The molecule has 6 heteroatoms. The van der Waals surface area contributed by atoms with E-state index in [0.29, 0.717) is 30.2 Å². The molecule has 0 N–H and O–H groups in total. The van der Waals surface area contributed by atoms with Gasteiger partial charge in [0.15, 0.2) is 0 Å². The number of carbonyl (C=O) groups excluding carboxylic acids is 2. The largest absolute Gasteiger partial charge is 0.407 e. The summed E-state index contributed by atoms with van der Waals surface area (Å²) >= 11 is 0. The fourth-order valence-corrected chi connectivity index (χ4v) is 10.9. The molecule has 3 aromatic carbocycles. The maximum atomic E-state index is 12.6. The van der Waals surface area contributed by atoms with Crippen LogP contribution in [0.4, 0.5) is 0 Å². The van der Waals surface area contributed by atoms with Crippen LogP contribution in [0.3, 0.4) is 0 Å². The van der Waals surface area contributed by atoms with Crippen molar-refractivity contribution in [3.8, 4) is 0 Å². The molecule has 1 heterocycles. The highest BCUT2D eigenvalue weighted by molar-refractivity contribution is 6.99. The Balaban J connectivity index is 1.17. The normalized spacial score (nSPS) is 19.8. The van der Waals surface area contributed by atoms with Gasteiger partial charge in [0.25, 0.3) is 20.1 Å². The van der Waals surface area contributed by atoms with Crippen molar-refractivity contribution in [2.45, 2.75) is 57.6 Å². The van der Waals surface area contributed by atoms with Gasteiger partial charge in [0.1, 0.15) is 0 Å². The number of imide groups is 1. The summed E-state index contributed by atoms with van der Waals surface area (Å²) in [7, 11) is -2.53. The van der Waals surface area contributed by atoms with Crippen molar-refractivity contribution in [1.82, 2.24) is 4.90 Å². The first-order valence-corrected chi connectivity index (χ1v) is 16.0. The minimum Gasteiger partial charge on any atom is -0.407 e. The summed E-state index contributed by atoms with van der Waals surface area (Å²) in [6.07, 6.45) is 4.20. The van der Waals surface area contributed by atoms with Crippen LogP contribution in [0.1, 0.15) is 67.2 Å². The molecule has 0 radical (unpaired) electrons. The lowest BCUT2D eigenvalue weighted by Crippen LogP contribution is -2.67. The van der Waals surface area contributed by atoms with Crippen molar-refractivity contribution < 1.29 is 18.8 Å². The minimum absolute atomic E-state index is 0.0277. The zero-order valence-corrected chi connectivity index (χ0v) is 24.3. The lowest BCUT2D eigenvalue weighted by molar-refractivity contribution is 0.00441. The molecule has 5 nitrogen and oxygen atoms in total. The van der Waals surface area contributed by atoms with Gasteiger partial charge in [-0.3, -0.25) is 14.5 Å². The summed E-state index contributed by atoms with van der Waals surface area (Å²) in [6, 6.07) is 28.6. The predicted molar refractivity (Wildman–Crippen MR) is 157 cm³/mol. The summed E-state index contributed by atoms with van der Waals surface area (Å²) in [4.78, 5) is 26.5. The van der Waals surface area contributed by atoms with Crippen molar-refractivity contribution in [3.05, 3.63) is 96.1 Å². The molecule has 0 saturated heterocycles. The molecule has 0 unspecified atom stereocenters. The van der Waals surface area contributed by atoms with Crippen LogP contribution in [0.15, 0.2) is 84.9 Å².